The molecular formula is C19H23ClN2O3. The van der Waals surface area contributed by atoms with E-state index in [-0.39, 0.29) is 11.8 Å². The number of benzene rings is 1. The maximum Gasteiger partial charge on any atom is 0.259 e. The fraction of sp³-hybridized carbons (Fsp3) is 0.368. The molecule has 0 aliphatic rings. The van der Waals surface area contributed by atoms with Crippen LogP contribution in [0.15, 0.2) is 22.6 Å². The van der Waals surface area contributed by atoms with Crippen molar-refractivity contribution >= 4 is 29.1 Å². The van der Waals surface area contributed by atoms with E-state index in [2.05, 4.69) is 5.32 Å². The van der Waals surface area contributed by atoms with Gasteiger partial charge in [-0.15, -0.1) is 0 Å². The normalized spacial score (nSPS) is 10.6. The highest BCUT2D eigenvalue weighted by molar-refractivity contribution is 6.34. The number of hydrogen-bond donors (Lipinski definition) is 1. The van der Waals surface area contributed by atoms with Crippen LogP contribution in [0.4, 0.5) is 5.69 Å². The average molecular weight is 363 g/mol. The number of rotatable bonds is 5. The van der Waals surface area contributed by atoms with Crippen molar-refractivity contribution in [3.63, 3.8) is 0 Å². The van der Waals surface area contributed by atoms with Gasteiger partial charge >= 0.3 is 0 Å². The van der Waals surface area contributed by atoms with E-state index in [1.807, 2.05) is 27.7 Å². The first-order valence-corrected chi connectivity index (χ1v) is 8.64. The van der Waals surface area contributed by atoms with Crippen LogP contribution in [0.2, 0.25) is 5.02 Å². The molecular weight excluding hydrogens is 340 g/mol. The second-order valence-electron chi connectivity index (χ2n) is 5.84. The number of carbonyl (C=O) groups is 2. The number of hydrogen-bond acceptors (Lipinski definition) is 3. The number of carbonyl (C=O) groups excluding carboxylic acids is 2. The van der Waals surface area contributed by atoms with Crippen LogP contribution < -0.4 is 5.32 Å². The Morgan fingerprint density at radius 2 is 1.76 bits per heavy atom. The highest BCUT2D eigenvalue weighted by atomic mass is 35.5. The minimum Gasteiger partial charge on any atom is -0.466 e. The number of nitrogens with zero attached hydrogens (tertiary/aromatic N) is 1. The molecule has 5 nitrogen and oxygen atoms in total. The predicted octanol–water partition coefficient (Wildman–Crippen LogP) is 4.59. The fourth-order valence-electron chi connectivity index (χ4n) is 2.77. The van der Waals surface area contributed by atoms with E-state index in [9.17, 15) is 9.59 Å². The molecule has 1 N–H and O–H groups in total. The van der Waals surface area contributed by atoms with Gasteiger partial charge in [0, 0.05) is 24.3 Å². The van der Waals surface area contributed by atoms with Gasteiger partial charge in [0.15, 0.2) is 0 Å². The van der Waals surface area contributed by atoms with E-state index in [4.69, 9.17) is 16.0 Å². The second kappa shape index (κ2) is 7.74. The number of halogens is 1. The van der Waals surface area contributed by atoms with E-state index < -0.39 is 0 Å². The summed E-state index contributed by atoms with van der Waals surface area (Å²) < 4.78 is 5.49. The molecule has 0 fully saturated rings. The first-order chi connectivity index (χ1) is 11.8. The molecule has 0 bridgehead atoms. The van der Waals surface area contributed by atoms with Crippen molar-refractivity contribution < 1.29 is 14.0 Å². The van der Waals surface area contributed by atoms with Crippen molar-refractivity contribution in [2.45, 2.75) is 34.6 Å². The zero-order chi connectivity index (χ0) is 18.7. The van der Waals surface area contributed by atoms with Crippen LogP contribution in [0.1, 0.15) is 51.6 Å². The third-order valence-electron chi connectivity index (χ3n) is 4.30. The Kier molecular flexibility index (Phi) is 5.90. The van der Waals surface area contributed by atoms with Crippen molar-refractivity contribution in [1.29, 1.82) is 0 Å². The van der Waals surface area contributed by atoms with Gasteiger partial charge in [-0.2, -0.15) is 0 Å². The Morgan fingerprint density at radius 1 is 1.12 bits per heavy atom. The van der Waals surface area contributed by atoms with Crippen molar-refractivity contribution in [3.8, 4) is 0 Å². The van der Waals surface area contributed by atoms with E-state index in [1.54, 1.807) is 30.0 Å². The van der Waals surface area contributed by atoms with E-state index >= 15 is 0 Å². The molecule has 0 unspecified atom stereocenters. The number of nitrogens with one attached hydrogen (secondary N) is 1. The third kappa shape index (κ3) is 3.87. The Morgan fingerprint density at radius 3 is 2.24 bits per heavy atom. The molecule has 2 rings (SSSR count). The monoisotopic (exact) mass is 362 g/mol. The molecule has 0 saturated heterocycles. The zero-order valence-electron chi connectivity index (χ0n) is 15.2. The summed E-state index contributed by atoms with van der Waals surface area (Å²) in [4.78, 5) is 26.6. The molecule has 0 radical (unpaired) electrons. The number of amides is 2. The van der Waals surface area contributed by atoms with Crippen LogP contribution in [0.3, 0.4) is 0 Å². The lowest BCUT2D eigenvalue weighted by Crippen LogP contribution is -2.30. The van der Waals surface area contributed by atoms with Crippen molar-refractivity contribution in [3.05, 3.63) is 51.4 Å². The lowest BCUT2D eigenvalue weighted by molar-refractivity contribution is 0.0773. The molecule has 0 aliphatic heterocycles. The van der Waals surface area contributed by atoms with Gasteiger partial charge in [-0.3, -0.25) is 9.59 Å². The number of aryl methyl sites for hydroxylation is 2. The molecule has 1 aromatic heterocycles. The maximum absolute atomic E-state index is 12.5. The summed E-state index contributed by atoms with van der Waals surface area (Å²) in [5, 5.41) is 3.12. The highest BCUT2D eigenvalue weighted by Gasteiger charge is 2.20. The Bertz CT molecular complexity index is 807. The molecule has 25 heavy (non-hydrogen) atoms. The minimum absolute atomic E-state index is 0.120. The Balaban J connectivity index is 2.23. The summed E-state index contributed by atoms with van der Waals surface area (Å²) >= 11 is 6.26. The topological polar surface area (TPSA) is 62.6 Å². The van der Waals surface area contributed by atoms with Gasteiger partial charge in [0.2, 0.25) is 0 Å². The second-order valence-corrected chi connectivity index (χ2v) is 6.25. The van der Waals surface area contributed by atoms with Crippen LogP contribution in [0, 0.1) is 20.8 Å². The number of furan rings is 1. The Hall–Kier alpha value is -2.27. The zero-order valence-corrected chi connectivity index (χ0v) is 16.0. The van der Waals surface area contributed by atoms with Crippen LogP contribution in [-0.2, 0) is 0 Å². The van der Waals surface area contributed by atoms with Gasteiger partial charge in [0.05, 0.1) is 16.1 Å². The van der Waals surface area contributed by atoms with Gasteiger partial charge in [0.1, 0.15) is 11.5 Å². The molecule has 6 heteroatoms. The van der Waals surface area contributed by atoms with E-state index in [1.165, 1.54) is 0 Å². The molecule has 2 amide bonds. The predicted molar refractivity (Wildman–Crippen MR) is 99.6 cm³/mol. The molecule has 2 aromatic rings. The van der Waals surface area contributed by atoms with Crippen LogP contribution in [0.25, 0.3) is 0 Å². The van der Waals surface area contributed by atoms with Gasteiger partial charge in [-0.05, 0) is 52.8 Å². The van der Waals surface area contributed by atoms with Crippen LogP contribution in [0.5, 0.6) is 0 Å². The number of anilines is 1. The first kappa shape index (κ1) is 19.1. The van der Waals surface area contributed by atoms with Gasteiger partial charge in [-0.1, -0.05) is 11.6 Å². The summed E-state index contributed by atoms with van der Waals surface area (Å²) in [5.41, 5.74) is 2.30. The summed E-state index contributed by atoms with van der Waals surface area (Å²) in [6.45, 7) is 10.5. The summed E-state index contributed by atoms with van der Waals surface area (Å²) in [6, 6.07) is 4.91. The van der Waals surface area contributed by atoms with Crippen LogP contribution in [-0.4, -0.2) is 29.8 Å². The first-order valence-electron chi connectivity index (χ1n) is 8.26. The maximum atomic E-state index is 12.5. The lowest BCUT2D eigenvalue weighted by atomic mass is 10.1. The molecule has 134 valence electrons. The summed E-state index contributed by atoms with van der Waals surface area (Å²) in [5.74, 6) is 0.920. The molecule has 0 spiro atoms. The standard InChI is InChI=1S/C19H23ClN2O3/c1-6-22(7-2)19(24)15-9-8-14(10-16(15)20)21-18(23)17-11(3)12(4)25-13(17)5/h8-10H,6-7H2,1-5H3,(H,21,23). The van der Waals surface area contributed by atoms with Gasteiger partial charge in [-0.25, -0.2) is 0 Å². The minimum atomic E-state index is -0.259. The van der Waals surface area contributed by atoms with E-state index in [0.717, 1.165) is 11.3 Å². The van der Waals surface area contributed by atoms with Crippen LogP contribution >= 0.6 is 11.6 Å². The quantitative estimate of drug-likeness (QED) is 0.845. The molecule has 0 aliphatic carbocycles. The lowest BCUT2D eigenvalue weighted by Gasteiger charge is -2.19. The van der Waals surface area contributed by atoms with Gasteiger partial charge < -0.3 is 14.6 Å². The molecule has 0 atom stereocenters. The third-order valence-corrected chi connectivity index (χ3v) is 4.61. The largest absolute Gasteiger partial charge is 0.466 e. The molecule has 1 aromatic carbocycles. The summed E-state index contributed by atoms with van der Waals surface area (Å²) in [7, 11) is 0. The summed E-state index contributed by atoms with van der Waals surface area (Å²) in [6.07, 6.45) is 0. The highest BCUT2D eigenvalue weighted by Crippen LogP contribution is 2.25. The van der Waals surface area contributed by atoms with E-state index in [0.29, 0.717) is 40.7 Å². The van der Waals surface area contributed by atoms with Crippen molar-refractivity contribution in [2.24, 2.45) is 0 Å². The Labute approximate surface area is 153 Å². The molecule has 1 heterocycles. The fourth-order valence-corrected chi connectivity index (χ4v) is 3.03. The SMILES string of the molecule is CCN(CC)C(=O)c1ccc(NC(=O)c2c(C)oc(C)c2C)cc1Cl. The van der Waals surface area contributed by atoms with Crippen molar-refractivity contribution in [1.82, 2.24) is 4.90 Å². The molecule has 0 saturated carbocycles. The van der Waals surface area contributed by atoms with Gasteiger partial charge in [0.25, 0.3) is 11.8 Å². The smallest absolute Gasteiger partial charge is 0.259 e. The average Bonchev–Trinajstić information content (AvgIpc) is 2.81. The van der Waals surface area contributed by atoms with Crippen molar-refractivity contribution in [2.75, 3.05) is 18.4 Å².